The Kier molecular flexibility index (Phi) is 4.78. The molecule has 0 aliphatic carbocycles. The normalized spacial score (nSPS) is 11.9. The lowest BCUT2D eigenvalue weighted by atomic mass is 10.5. The fraction of sp³-hybridized carbons (Fsp3) is 0.800. The van der Waals surface area contributed by atoms with Crippen LogP contribution < -0.4 is 4.72 Å². The largest absolute Gasteiger partial charge is 0.481 e. The molecule has 0 aliphatic heterocycles. The van der Waals surface area contributed by atoms with Crippen molar-refractivity contribution in [1.82, 2.24) is 4.72 Å². The summed E-state index contributed by atoms with van der Waals surface area (Å²) in [5, 5.41) is 8.11. The number of carboxylic acids is 1. The van der Waals surface area contributed by atoms with Crippen molar-refractivity contribution in [3.8, 4) is 0 Å². The van der Waals surface area contributed by atoms with E-state index in [0.29, 0.717) is 0 Å². The van der Waals surface area contributed by atoms with E-state index in [-0.39, 0.29) is 0 Å². The molecule has 0 fully saturated rings. The molecule has 0 spiro atoms. The summed E-state index contributed by atoms with van der Waals surface area (Å²) in [5.41, 5.74) is 0. The molecule has 0 heterocycles. The maximum atomic E-state index is 11.5. The van der Waals surface area contributed by atoms with Gasteiger partial charge in [0.2, 0.25) is 10.0 Å². The average molecular weight is 217 g/mol. The zero-order valence-electron chi connectivity index (χ0n) is 6.53. The van der Waals surface area contributed by atoms with Crippen molar-refractivity contribution >= 4 is 16.0 Å². The smallest absolute Gasteiger partial charge is 0.304 e. The lowest BCUT2D eigenvalue weighted by Crippen LogP contribution is -2.31. The molecule has 2 N–H and O–H groups in total. The third-order valence-electron chi connectivity index (χ3n) is 1.04. The first-order chi connectivity index (χ1) is 5.83. The van der Waals surface area contributed by atoms with Gasteiger partial charge in [-0.05, 0) is 0 Å². The first kappa shape index (κ1) is 12.2. The van der Waals surface area contributed by atoms with E-state index in [1.807, 2.05) is 0 Å². The van der Waals surface area contributed by atoms with E-state index in [2.05, 4.69) is 0 Å². The Labute approximate surface area is 73.8 Å². The molecule has 0 aliphatic rings. The first-order valence-electron chi connectivity index (χ1n) is 3.31. The summed E-state index contributed by atoms with van der Waals surface area (Å²) in [6.45, 7) is -0.984. The van der Waals surface area contributed by atoms with Gasteiger partial charge in [-0.15, -0.1) is 0 Å². The van der Waals surface area contributed by atoms with Crippen molar-refractivity contribution < 1.29 is 27.1 Å². The Morgan fingerprint density at radius 2 is 2.00 bits per heavy atom. The van der Waals surface area contributed by atoms with Crippen LogP contribution in [0.4, 0.5) is 8.78 Å². The van der Waals surface area contributed by atoms with Gasteiger partial charge >= 0.3 is 5.97 Å². The van der Waals surface area contributed by atoms with Crippen molar-refractivity contribution in [3.05, 3.63) is 0 Å². The average Bonchev–Trinajstić information content (AvgIpc) is 1.98. The number of hydrogen-bond acceptors (Lipinski definition) is 3. The van der Waals surface area contributed by atoms with Gasteiger partial charge < -0.3 is 5.11 Å². The van der Waals surface area contributed by atoms with Crippen molar-refractivity contribution in [2.75, 3.05) is 12.3 Å². The number of alkyl halides is 2. The monoisotopic (exact) mass is 217 g/mol. The number of rotatable bonds is 6. The number of sulfonamides is 1. The summed E-state index contributed by atoms with van der Waals surface area (Å²) in [6, 6.07) is 0. The summed E-state index contributed by atoms with van der Waals surface area (Å²) in [6.07, 6.45) is -3.38. The van der Waals surface area contributed by atoms with Gasteiger partial charge in [0, 0.05) is 0 Å². The first-order valence-corrected chi connectivity index (χ1v) is 4.96. The third-order valence-corrected chi connectivity index (χ3v) is 2.39. The highest BCUT2D eigenvalue weighted by Crippen LogP contribution is 1.93. The Bertz CT molecular complexity index is 264. The van der Waals surface area contributed by atoms with Crippen molar-refractivity contribution in [3.63, 3.8) is 0 Å². The van der Waals surface area contributed by atoms with Gasteiger partial charge in [-0.1, -0.05) is 0 Å². The highest BCUT2D eigenvalue weighted by atomic mass is 32.2. The van der Waals surface area contributed by atoms with Crippen LogP contribution in [0.2, 0.25) is 0 Å². The number of aliphatic carboxylic acids is 1. The molecule has 5 nitrogen and oxygen atoms in total. The van der Waals surface area contributed by atoms with Gasteiger partial charge in [0.05, 0.1) is 18.7 Å². The van der Waals surface area contributed by atoms with E-state index in [1.54, 1.807) is 4.72 Å². The molecule has 0 rings (SSSR count). The SMILES string of the molecule is O=C(O)CCS(=O)(=O)NCC(F)F. The van der Waals surface area contributed by atoms with Crippen LogP contribution >= 0.6 is 0 Å². The number of halogens is 2. The molecule has 0 atom stereocenters. The predicted octanol–water partition coefficient (Wildman–Crippen LogP) is -0.354. The molecule has 0 radical (unpaired) electrons. The van der Waals surface area contributed by atoms with Gasteiger partial charge in [0.15, 0.2) is 0 Å². The number of carbonyl (C=O) groups is 1. The maximum absolute atomic E-state index is 11.5. The van der Waals surface area contributed by atoms with Crippen molar-refractivity contribution in [1.29, 1.82) is 0 Å². The van der Waals surface area contributed by atoms with Crippen LogP contribution in [0.15, 0.2) is 0 Å². The second-order valence-electron chi connectivity index (χ2n) is 2.20. The molecule has 0 aromatic rings. The molecular formula is C5H9F2NO4S. The van der Waals surface area contributed by atoms with Gasteiger partial charge in [0.1, 0.15) is 0 Å². The van der Waals surface area contributed by atoms with Crippen molar-refractivity contribution in [2.24, 2.45) is 0 Å². The highest BCUT2D eigenvalue weighted by Gasteiger charge is 2.14. The van der Waals surface area contributed by atoms with Gasteiger partial charge in [-0.25, -0.2) is 21.9 Å². The molecule has 78 valence electrons. The van der Waals surface area contributed by atoms with E-state index in [9.17, 15) is 22.0 Å². The topological polar surface area (TPSA) is 83.5 Å². The van der Waals surface area contributed by atoms with Crippen LogP contribution in [0, 0.1) is 0 Å². The lowest BCUT2D eigenvalue weighted by molar-refractivity contribution is -0.136. The van der Waals surface area contributed by atoms with Crippen LogP contribution in [0.3, 0.4) is 0 Å². The van der Waals surface area contributed by atoms with Crippen molar-refractivity contribution in [2.45, 2.75) is 12.8 Å². The molecule has 0 aromatic carbocycles. The van der Waals surface area contributed by atoms with E-state index >= 15 is 0 Å². The number of carboxylic acid groups (broad SMARTS) is 1. The zero-order chi connectivity index (χ0) is 10.5. The minimum atomic E-state index is -3.88. The minimum absolute atomic E-state index is 0.599. The lowest BCUT2D eigenvalue weighted by Gasteiger charge is -2.03. The van der Waals surface area contributed by atoms with Gasteiger partial charge in [0.25, 0.3) is 6.43 Å². The second kappa shape index (κ2) is 5.07. The van der Waals surface area contributed by atoms with E-state index in [4.69, 9.17) is 5.11 Å². The molecular weight excluding hydrogens is 208 g/mol. The molecule has 0 saturated heterocycles. The summed E-state index contributed by atoms with van der Waals surface area (Å²) in [7, 11) is -3.88. The van der Waals surface area contributed by atoms with Crippen LogP contribution in [0.25, 0.3) is 0 Å². The summed E-state index contributed by atoms with van der Waals surface area (Å²) in [5.74, 6) is -1.97. The molecule has 13 heavy (non-hydrogen) atoms. The van der Waals surface area contributed by atoms with Gasteiger partial charge in [-0.3, -0.25) is 4.79 Å². The number of hydrogen-bond donors (Lipinski definition) is 2. The summed E-state index contributed by atoms with van der Waals surface area (Å²) < 4.78 is 46.1. The summed E-state index contributed by atoms with van der Waals surface area (Å²) in [4.78, 5) is 9.94. The highest BCUT2D eigenvalue weighted by molar-refractivity contribution is 7.89. The molecule has 0 saturated carbocycles. The molecule has 0 amide bonds. The number of nitrogens with one attached hydrogen (secondary N) is 1. The fourth-order valence-corrected chi connectivity index (χ4v) is 1.45. The Morgan fingerprint density at radius 3 is 2.38 bits per heavy atom. The summed E-state index contributed by atoms with van der Waals surface area (Å²) >= 11 is 0. The Balaban J connectivity index is 3.88. The quantitative estimate of drug-likeness (QED) is 0.636. The maximum Gasteiger partial charge on any atom is 0.304 e. The molecule has 0 bridgehead atoms. The van der Waals surface area contributed by atoms with E-state index in [1.165, 1.54) is 0 Å². The molecule has 8 heteroatoms. The standard InChI is InChI=1S/C5H9F2NO4S/c6-4(7)3-8-13(11,12)2-1-5(9)10/h4,8H,1-3H2,(H,9,10). The fourth-order valence-electron chi connectivity index (χ4n) is 0.484. The predicted molar refractivity (Wildman–Crippen MR) is 40.0 cm³/mol. The van der Waals surface area contributed by atoms with E-state index in [0.717, 1.165) is 0 Å². The van der Waals surface area contributed by atoms with Gasteiger partial charge in [-0.2, -0.15) is 0 Å². The second-order valence-corrected chi connectivity index (χ2v) is 4.13. The Hall–Kier alpha value is -0.760. The van der Waals surface area contributed by atoms with Crippen LogP contribution in [0.5, 0.6) is 0 Å². The third kappa shape index (κ3) is 7.60. The van der Waals surface area contributed by atoms with Crippen LogP contribution in [-0.4, -0.2) is 38.2 Å². The van der Waals surface area contributed by atoms with E-state index < -0.39 is 41.1 Å². The Morgan fingerprint density at radius 1 is 1.46 bits per heavy atom. The zero-order valence-corrected chi connectivity index (χ0v) is 7.35. The molecule has 0 aromatic heterocycles. The molecule has 0 unspecified atom stereocenters. The minimum Gasteiger partial charge on any atom is -0.481 e. The van der Waals surface area contributed by atoms with Crippen LogP contribution in [-0.2, 0) is 14.8 Å². The van der Waals surface area contributed by atoms with Crippen LogP contribution in [0.1, 0.15) is 6.42 Å².